The highest BCUT2D eigenvalue weighted by Gasteiger charge is 2.04. The van der Waals surface area contributed by atoms with Gasteiger partial charge in [-0.3, -0.25) is 0 Å². The third kappa shape index (κ3) is 22.3. The van der Waals surface area contributed by atoms with Gasteiger partial charge in [0.15, 0.2) is 0 Å². The predicted molar refractivity (Wildman–Crippen MR) is 234 cm³/mol. The van der Waals surface area contributed by atoms with Crippen molar-refractivity contribution in [2.45, 2.75) is 198 Å². The Hall–Kier alpha value is -2.38. The lowest BCUT2D eigenvalue weighted by atomic mass is 10.0. The summed E-state index contributed by atoms with van der Waals surface area (Å²) in [5.41, 5.74) is 13.3. The molecule has 0 atom stereocenters. The van der Waals surface area contributed by atoms with Crippen LogP contribution >= 0.6 is 0 Å². The zero-order valence-electron chi connectivity index (χ0n) is 35.0. The number of rotatable bonds is 22. The summed E-state index contributed by atoms with van der Waals surface area (Å²) in [6, 6.07) is 21.1. The van der Waals surface area contributed by atoms with Gasteiger partial charge in [-0.05, 0) is 121 Å². The van der Waals surface area contributed by atoms with Crippen LogP contribution in [0.25, 0.3) is 0 Å². The average Bonchev–Trinajstić information content (AvgIpc) is 3.16. The number of nitrogens with zero attached hydrogens (tertiary/aromatic N) is 1. The molecule has 0 aliphatic heterocycles. The Morgan fingerprint density at radius 3 is 0.765 bits per heavy atom. The molecule has 0 amide bonds. The maximum Gasteiger partial charge on any atom is 0.0230 e. The lowest BCUT2D eigenvalue weighted by Gasteiger charge is -2.18. The van der Waals surface area contributed by atoms with Crippen molar-refractivity contribution in [1.82, 2.24) is 4.90 Å². The second-order valence-corrected chi connectivity index (χ2v) is 14.6. The lowest BCUT2D eigenvalue weighted by Crippen LogP contribution is -2.19. The van der Waals surface area contributed by atoms with E-state index in [0.717, 1.165) is 57.9 Å². The molecule has 0 saturated heterocycles. The van der Waals surface area contributed by atoms with Gasteiger partial charge in [-0.1, -0.05) is 189 Å². The minimum Gasteiger partial charge on any atom is -0.302 e. The fraction of sp³-hybridized carbons (Fsp3) is 0.640. The van der Waals surface area contributed by atoms with E-state index in [2.05, 4.69) is 129 Å². The van der Waals surface area contributed by atoms with Crippen LogP contribution < -0.4 is 0 Å². The molecule has 3 aromatic carbocycles. The summed E-state index contributed by atoms with van der Waals surface area (Å²) in [6.07, 6.45) is 24.9. The summed E-state index contributed by atoms with van der Waals surface area (Å²) in [6.45, 7) is 22.4. The van der Waals surface area contributed by atoms with Crippen LogP contribution in [0.2, 0.25) is 0 Å². The van der Waals surface area contributed by atoms with E-state index in [-0.39, 0.29) is 7.43 Å². The Balaban J connectivity index is 0.000000828. The molecule has 1 heteroatoms. The van der Waals surface area contributed by atoms with Crippen molar-refractivity contribution in [3.63, 3.8) is 0 Å². The van der Waals surface area contributed by atoms with Gasteiger partial charge in [-0.15, -0.1) is 0 Å². The van der Waals surface area contributed by atoms with Crippen LogP contribution in [-0.4, -0.2) is 18.5 Å². The Labute approximate surface area is 320 Å². The Morgan fingerprint density at radius 1 is 0.314 bits per heavy atom. The van der Waals surface area contributed by atoms with E-state index in [1.807, 2.05) is 0 Å². The summed E-state index contributed by atoms with van der Waals surface area (Å²) in [7, 11) is 2.28. The number of unbranched alkanes of at least 4 members (excludes halogenated alkanes) is 10. The Morgan fingerprint density at radius 2 is 0.529 bits per heavy atom. The van der Waals surface area contributed by atoms with E-state index in [1.54, 1.807) is 0 Å². The highest BCUT2D eigenvalue weighted by molar-refractivity contribution is 5.32. The van der Waals surface area contributed by atoms with Crippen LogP contribution in [0.4, 0.5) is 0 Å². The Kier molecular flexibility index (Phi) is 29.7. The standard InChI is InChI=1S/C25H45N.2C12H18.CH4/c1-5-8-9-10-11-12-13-14-15-16-17-18-26(4)22-25-20-23(6-2)19-24(7-3)21-25;2*1-4-10-7-11(5-2)9-12(6-3)8-10;/h19-21H,5-18,22H2,1-4H3;2*7-9H,4-6H2,1-3H3;1H4. The van der Waals surface area contributed by atoms with Crippen LogP contribution in [0.5, 0.6) is 0 Å². The topological polar surface area (TPSA) is 3.24 Å². The van der Waals surface area contributed by atoms with Crippen LogP contribution in [0.3, 0.4) is 0 Å². The van der Waals surface area contributed by atoms with Crippen molar-refractivity contribution in [1.29, 1.82) is 0 Å². The van der Waals surface area contributed by atoms with Gasteiger partial charge in [0.25, 0.3) is 0 Å². The summed E-state index contributed by atoms with van der Waals surface area (Å²) >= 11 is 0. The largest absolute Gasteiger partial charge is 0.302 e. The molecule has 3 aromatic rings. The van der Waals surface area contributed by atoms with E-state index >= 15 is 0 Å². The first-order chi connectivity index (χ1) is 24.3. The second kappa shape index (κ2) is 31.2. The third-order valence-electron chi connectivity index (χ3n) is 10.2. The van der Waals surface area contributed by atoms with E-state index < -0.39 is 0 Å². The van der Waals surface area contributed by atoms with E-state index in [1.165, 1.54) is 127 Å². The molecule has 0 unspecified atom stereocenters. The van der Waals surface area contributed by atoms with Gasteiger partial charge < -0.3 is 4.90 Å². The number of hydrogen-bond donors (Lipinski definition) is 0. The smallest absolute Gasteiger partial charge is 0.0230 e. The van der Waals surface area contributed by atoms with Gasteiger partial charge in [0.2, 0.25) is 0 Å². The normalized spacial score (nSPS) is 10.6. The van der Waals surface area contributed by atoms with Gasteiger partial charge in [0.05, 0.1) is 0 Å². The van der Waals surface area contributed by atoms with Crippen molar-refractivity contribution < 1.29 is 0 Å². The lowest BCUT2D eigenvalue weighted by molar-refractivity contribution is 0.316. The molecule has 3 rings (SSSR count). The zero-order chi connectivity index (χ0) is 37.0. The highest BCUT2D eigenvalue weighted by Crippen LogP contribution is 2.16. The minimum atomic E-state index is 0. The van der Waals surface area contributed by atoms with Gasteiger partial charge >= 0.3 is 0 Å². The average molecular weight is 700 g/mol. The Bertz CT molecular complexity index is 1070. The van der Waals surface area contributed by atoms with Crippen LogP contribution in [0.1, 0.15) is 190 Å². The fourth-order valence-electron chi connectivity index (χ4n) is 6.68. The molecule has 0 aliphatic carbocycles. The van der Waals surface area contributed by atoms with Gasteiger partial charge in [-0.2, -0.15) is 0 Å². The predicted octanol–water partition coefficient (Wildman–Crippen LogP) is 14.9. The van der Waals surface area contributed by atoms with E-state index in [0.29, 0.717) is 0 Å². The van der Waals surface area contributed by atoms with Gasteiger partial charge in [-0.25, -0.2) is 0 Å². The molecule has 0 saturated carbocycles. The van der Waals surface area contributed by atoms with Crippen molar-refractivity contribution in [2.24, 2.45) is 0 Å². The molecule has 0 aliphatic rings. The molecule has 0 bridgehead atoms. The molecular weight excluding hydrogens is 615 g/mol. The van der Waals surface area contributed by atoms with E-state index in [4.69, 9.17) is 0 Å². The van der Waals surface area contributed by atoms with Crippen molar-refractivity contribution >= 4 is 0 Å². The van der Waals surface area contributed by atoms with Crippen molar-refractivity contribution in [3.8, 4) is 0 Å². The number of benzene rings is 3. The number of aryl methyl sites for hydroxylation is 8. The quantitative estimate of drug-likeness (QED) is 0.0944. The second-order valence-electron chi connectivity index (χ2n) is 14.6. The fourth-order valence-corrected chi connectivity index (χ4v) is 6.68. The summed E-state index contributed by atoms with van der Waals surface area (Å²) in [4.78, 5) is 2.50. The summed E-state index contributed by atoms with van der Waals surface area (Å²) < 4.78 is 0. The molecule has 0 heterocycles. The molecular formula is C50H85N. The SMILES string of the molecule is C.CCCCCCCCCCCCCN(C)Cc1cc(CC)cc(CC)c1.CCc1cc(CC)cc(CC)c1.CCc1cc(CC)cc(CC)c1. The van der Waals surface area contributed by atoms with E-state index in [9.17, 15) is 0 Å². The van der Waals surface area contributed by atoms with Crippen molar-refractivity contribution in [2.75, 3.05) is 13.6 Å². The van der Waals surface area contributed by atoms with Crippen LogP contribution in [-0.2, 0) is 57.9 Å². The zero-order valence-corrected chi connectivity index (χ0v) is 35.0. The minimum absolute atomic E-state index is 0. The molecule has 0 aromatic heterocycles. The first-order valence-corrected chi connectivity index (χ1v) is 21.3. The first-order valence-electron chi connectivity index (χ1n) is 21.3. The highest BCUT2D eigenvalue weighted by atomic mass is 15.1. The summed E-state index contributed by atoms with van der Waals surface area (Å²) in [5.74, 6) is 0. The molecule has 0 fully saturated rings. The molecule has 0 radical (unpaired) electrons. The molecule has 1 nitrogen and oxygen atoms in total. The summed E-state index contributed by atoms with van der Waals surface area (Å²) in [5, 5.41) is 0. The number of hydrogen-bond acceptors (Lipinski definition) is 1. The van der Waals surface area contributed by atoms with Crippen molar-refractivity contribution in [3.05, 3.63) is 105 Å². The molecule has 51 heavy (non-hydrogen) atoms. The molecule has 0 spiro atoms. The van der Waals surface area contributed by atoms with Gasteiger partial charge in [0, 0.05) is 6.54 Å². The van der Waals surface area contributed by atoms with Crippen LogP contribution in [0.15, 0.2) is 54.6 Å². The first kappa shape index (κ1) is 48.6. The third-order valence-corrected chi connectivity index (χ3v) is 10.2. The monoisotopic (exact) mass is 700 g/mol. The molecule has 290 valence electrons. The van der Waals surface area contributed by atoms with Crippen LogP contribution in [0, 0.1) is 0 Å². The maximum absolute atomic E-state index is 2.50. The maximum atomic E-state index is 2.50. The van der Waals surface area contributed by atoms with Gasteiger partial charge in [0.1, 0.15) is 0 Å². The molecule has 0 N–H and O–H groups in total.